The second-order valence-electron chi connectivity index (χ2n) is 6.33. The average molecular weight is 365 g/mol. The van der Waals surface area contributed by atoms with Gasteiger partial charge in [0.25, 0.3) is 0 Å². The molecule has 3 N–H and O–H groups in total. The highest BCUT2D eigenvalue weighted by atomic mass is 32.1. The largest absolute Gasteiger partial charge is 0.442 e. The molecule has 1 amide bonds. The Labute approximate surface area is 150 Å². The van der Waals surface area contributed by atoms with E-state index in [9.17, 15) is 14.0 Å². The number of hydrogen-bond acceptors (Lipinski definition) is 4. The van der Waals surface area contributed by atoms with E-state index in [-0.39, 0.29) is 23.4 Å². The molecule has 134 valence electrons. The van der Waals surface area contributed by atoms with Crippen molar-refractivity contribution >= 4 is 34.9 Å². The van der Waals surface area contributed by atoms with Crippen molar-refractivity contribution in [3.63, 3.8) is 0 Å². The monoisotopic (exact) mass is 365 g/mol. The van der Waals surface area contributed by atoms with Gasteiger partial charge in [-0.3, -0.25) is 9.69 Å². The fourth-order valence-corrected chi connectivity index (χ4v) is 3.41. The minimum absolute atomic E-state index is 0.0855. The summed E-state index contributed by atoms with van der Waals surface area (Å²) in [5.74, 6) is -0.756. The summed E-state index contributed by atoms with van der Waals surface area (Å²) in [6, 6.07) is 4.55. The van der Waals surface area contributed by atoms with E-state index in [4.69, 9.17) is 22.7 Å². The molecule has 0 radical (unpaired) electrons. The molecule has 0 spiro atoms. The minimum atomic E-state index is -0.546. The maximum absolute atomic E-state index is 14.6. The van der Waals surface area contributed by atoms with Crippen LogP contribution in [0.3, 0.4) is 0 Å². The summed E-state index contributed by atoms with van der Waals surface area (Å²) >= 11 is 4.72. The van der Waals surface area contributed by atoms with Gasteiger partial charge in [0.05, 0.1) is 18.8 Å². The van der Waals surface area contributed by atoms with Gasteiger partial charge in [-0.1, -0.05) is 12.5 Å². The van der Waals surface area contributed by atoms with E-state index >= 15 is 0 Å². The number of nitrogens with two attached hydrogens (primary N) is 1. The standard InChI is InChI=1S/C17H20FN3O3S/c18-14-7-10(5-6-12(14)13-3-1-2-4-15(13)22)21-9-11(24-17(21)23)8-20-16(19)25/h5-7,11,13H,1-4,8-9H2,(H3,19,20,25)/t11-,13?/m0/s1. The maximum atomic E-state index is 14.6. The summed E-state index contributed by atoms with van der Waals surface area (Å²) in [5, 5.41) is 2.87. The van der Waals surface area contributed by atoms with E-state index < -0.39 is 18.0 Å². The predicted octanol–water partition coefficient (Wildman–Crippen LogP) is 2.21. The summed E-state index contributed by atoms with van der Waals surface area (Å²) < 4.78 is 19.8. The van der Waals surface area contributed by atoms with Crippen LogP contribution in [-0.2, 0) is 9.53 Å². The quantitative estimate of drug-likeness (QED) is 0.796. The SMILES string of the molecule is NC(=S)NC[C@H]1CN(c2ccc(C3CCCCC3=O)c(F)c2)C(=O)O1. The summed E-state index contributed by atoms with van der Waals surface area (Å²) in [4.78, 5) is 25.4. The van der Waals surface area contributed by atoms with Crippen molar-refractivity contribution in [1.82, 2.24) is 5.32 Å². The zero-order valence-electron chi connectivity index (χ0n) is 13.7. The van der Waals surface area contributed by atoms with Gasteiger partial charge in [-0.15, -0.1) is 0 Å². The number of anilines is 1. The van der Waals surface area contributed by atoms with E-state index in [2.05, 4.69) is 5.32 Å². The third-order valence-electron chi connectivity index (χ3n) is 4.60. The van der Waals surface area contributed by atoms with Crippen molar-refractivity contribution in [2.75, 3.05) is 18.0 Å². The summed E-state index contributed by atoms with van der Waals surface area (Å²) in [6.07, 6.45) is 2.01. The smallest absolute Gasteiger partial charge is 0.414 e. The van der Waals surface area contributed by atoms with Gasteiger partial charge in [0.15, 0.2) is 5.11 Å². The van der Waals surface area contributed by atoms with Crippen LogP contribution < -0.4 is 16.0 Å². The molecule has 0 aromatic heterocycles. The molecule has 1 heterocycles. The van der Waals surface area contributed by atoms with Gasteiger partial charge in [0.1, 0.15) is 17.7 Å². The lowest BCUT2D eigenvalue weighted by Gasteiger charge is -2.22. The van der Waals surface area contributed by atoms with E-state index in [1.54, 1.807) is 12.1 Å². The number of benzene rings is 1. The fraction of sp³-hybridized carbons (Fsp3) is 0.471. The summed E-state index contributed by atoms with van der Waals surface area (Å²) in [6.45, 7) is 0.574. The Balaban J connectivity index is 1.73. The number of halogens is 1. The predicted molar refractivity (Wildman–Crippen MR) is 95.0 cm³/mol. The molecule has 1 saturated heterocycles. The van der Waals surface area contributed by atoms with Gasteiger partial charge >= 0.3 is 6.09 Å². The van der Waals surface area contributed by atoms with Crippen LogP contribution in [0.5, 0.6) is 0 Å². The normalized spacial score (nSPS) is 23.5. The molecular weight excluding hydrogens is 345 g/mol. The van der Waals surface area contributed by atoms with Crippen LogP contribution in [0.15, 0.2) is 18.2 Å². The molecule has 2 aliphatic rings. The van der Waals surface area contributed by atoms with Crippen molar-refractivity contribution in [1.29, 1.82) is 0 Å². The van der Waals surface area contributed by atoms with Gasteiger partial charge in [-0.25, -0.2) is 9.18 Å². The molecule has 25 heavy (non-hydrogen) atoms. The number of nitrogens with zero attached hydrogens (tertiary/aromatic N) is 1. The molecule has 3 rings (SSSR count). The van der Waals surface area contributed by atoms with Crippen LogP contribution in [-0.4, -0.2) is 36.2 Å². The number of ketones is 1. The molecule has 1 aliphatic heterocycles. The van der Waals surface area contributed by atoms with Gasteiger partial charge in [0.2, 0.25) is 0 Å². The molecule has 1 aromatic carbocycles. The van der Waals surface area contributed by atoms with Crippen LogP contribution in [0.1, 0.15) is 37.2 Å². The van der Waals surface area contributed by atoms with Crippen LogP contribution in [0.25, 0.3) is 0 Å². The molecule has 2 fully saturated rings. The highest BCUT2D eigenvalue weighted by Gasteiger charge is 2.33. The Morgan fingerprint density at radius 3 is 2.88 bits per heavy atom. The van der Waals surface area contributed by atoms with Gasteiger partial charge in [0, 0.05) is 12.3 Å². The zero-order chi connectivity index (χ0) is 18.0. The van der Waals surface area contributed by atoms with Gasteiger partial charge in [-0.2, -0.15) is 0 Å². The first-order valence-corrected chi connectivity index (χ1v) is 8.70. The third-order valence-corrected chi connectivity index (χ3v) is 4.75. The van der Waals surface area contributed by atoms with Crippen LogP contribution >= 0.6 is 12.2 Å². The lowest BCUT2D eigenvalue weighted by molar-refractivity contribution is -0.121. The number of rotatable bonds is 4. The first-order valence-electron chi connectivity index (χ1n) is 8.29. The van der Waals surface area contributed by atoms with Crippen molar-refractivity contribution in [3.05, 3.63) is 29.6 Å². The summed E-state index contributed by atoms with van der Waals surface area (Å²) in [5.41, 5.74) is 6.18. The molecule has 1 aromatic rings. The lowest BCUT2D eigenvalue weighted by Crippen LogP contribution is -2.37. The number of amides is 1. The topological polar surface area (TPSA) is 84.7 Å². The number of nitrogens with one attached hydrogen (secondary N) is 1. The second kappa shape index (κ2) is 7.35. The maximum Gasteiger partial charge on any atom is 0.414 e. The molecule has 1 aliphatic carbocycles. The molecule has 0 bridgehead atoms. The fourth-order valence-electron chi connectivity index (χ4n) is 3.33. The van der Waals surface area contributed by atoms with Crippen molar-refractivity contribution in [2.24, 2.45) is 5.73 Å². The highest BCUT2D eigenvalue weighted by Crippen LogP contribution is 2.33. The van der Waals surface area contributed by atoms with Crippen molar-refractivity contribution in [2.45, 2.75) is 37.7 Å². The molecule has 8 heteroatoms. The van der Waals surface area contributed by atoms with Crippen LogP contribution in [0.2, 0.25) is 0 Å². The number of carbonyl (C=O) groups excluding carboxylic acids is 2. The van der Waals surface area contributed by atoms with Crippen LogP contribution in [0.4, 0.5) is 14.9 Å². The van der Waals surface area contributed by atoms with Crippen LogP contribution in [0, 0.1) is 5.82 Å². The molecule has 6 nitrogen and oxygen atoms in total. The van der Waals surface area contributed by atoms with E-state index in [1.165, 1.54) is 11.0 Å². The van der Waals surface area contributed by atoms with E-state index in [0.29, 0.717) is 30.6 Å². The lowest BCUT2D eigenvalue weighted by atomic mass is 9.82. The zero-order valence-corrected chi connectivity index (χ0v) is 14.5. The number of thiocarbonyl (C=S) groups is 1. The summed E-state index contributed by atoms with van der Waals surface area (Å²) in [7, 11) is 0. The average Bonchev–Trinajstić information content (AvgIpc) is 2.95. The Morgan fingerprint density at radius 2 is 2.20 bits per heavy atom. The molecule has 1 saturated carbocycles. The van der Waals surface area contributed by atoms with Gasteiger partial charge < -0.3 is 15.8 Å². The van der Waals surface area contributed by atoms with Crippen molar-refractivity contribution < 1.29 is 18.7 Å². The highest BCUT2D eigenvalue weighted by molar-refractivity contribution is 7.80. The minimum Gasteiger partial charge on any atom is -0.442 e. The van der Waals surface area contributed by atoms with Crippen molar-refractivity contribution in [3.8, 4) is 0 Å². The molecule has 1 unspecified atom stereocenters. The number of ether oxygens (including phenoxy) is 1. The Morgan fingerprint density at radius 1 is 1.40 bits per heavy atom. The molecular formula is C17H20FN3O3S. The Hall–Kier alpha value is -2.22. The Bertz CT molecular complexity index is 712. The second-order valence-corrected chi connectivity index (χ2v) is 6.77. The molecule has 2 atom stereocenters. The van der Waals surface area contributed by atoms with Gasteiger partial charge in [-0.05, 0) is 42.8 Å². The van der Waals surface area contributed by atoms with E-state index in [1.807, 2.05) is 0 Å². The Kier molecular flexibility index (Phi) is 5.17. The number of hydrogen-bond donors (Lipinski definition) is 2. The van der Waals surface area contributed by atoms with E-state index in [0.717, 1.165) is 12.8 Å². The first kappa shape index (κ1) is 17.6. The first-order chi connectivity index (χ1) is 12.0. The third kappa shape index (κ3) is 3.89. The number of cyclic esters (lactones) is 1. The number of carbonyl (C=O) groups is 2. The number of Topliss-reactive ketones (excluding diaryl/α,β-unsaturated/α-hetero) is 1.